The molecule has 2 aliphatic rings. The largest absolute Gasteiger partial charge is 0.354 e. The summed E-state index contributed by atoms with van der Waals surface area (Å²) in [6, 6.07) is 25.2. The molecule has 0 saturated carbocycles. The first-order valence-corrected chi connectivity index (χ1v) is 16.0. The number of carbonyl (C=O) groups is 4. The molecule has 10 nitrogen and oxygen atoms in total. The Morgan fingerprint density at radius 1 is 0.783 bits per heavy atom. The van der Waals surface area contributed by atoms with E-state index in [2.05, 4.69) is 33.0 Å². The second kappa shape index (κ2) is 15.6. The SMILES string of the molecule is CCCNC(=O)[C@@H]1O[C@H]1C(=O)N[C@@H](Cc1ccc(C)cc1)C(=O)N[C@H](C(=O)N1CCN(Cc2ccccc2)CC1)c1ccccc1. The van der Waals surface area contributed by atoms with E-state index in [1.54, 1.807) is 4.90 Å². The fourth-order valence-corrected chi connectivity index (χ4v) is 5.61. The topological polar surface area (TPSA) is 123 Å². The van der Waals surface area contributed by atoms with Crippen LogP contribution in [0, 0.1) is 6.92 Å². The van der Waals surface area contributed by atoms with Crippen molar-refractivity contribution in [3.8, 4) is 0 Å². The van der Waals surface area contributed by atoms with E-state index in [1.807, 2.05) is 86.6 Å². The van der Waals surface area contributed by atoms with Crippen molar-refractivity contribution in [3.63, 3.8) is 0 Å². The fourth-order valence-electron chi connectivity index (χ4n) is 5.61. The number of carbonyl (C=O) groups excluding carboxylic acids is 4. The molecule has 0 bridgehead atoms. The molecule has 4 atom stereocenters. The molecule has 3 aromatic carbocycles. The van der Waals surface area contributed by atoms with Crippen LogP contribution in [-0.2, 0) is 36.9 Å². The summed E-state index contributed by atoms with van der Waals surface area (Å²) < 4.78 is 5.38. The lowest BCUT2D eigenvalue weighted by Gasteiger charge is -2.37. The molecule has 10 heteroatoms. The van der Waals surface area contributed by atoms with E-state index in [9.17, 15) is 19.2 Å². The summed E-state index contributed by atoms with van der Waals surface area (Å²) in [5.74, 6) is -1.58. The van der Waals surface area contributed by atoms with Crippen LogP contribution in [0.3, 0.4) is 0 Å². The van der Waals surface area contributed by atoms with Gasteiger partial charge in [0.15, 0.2) is 12.2 Å². The molecule has 5 rings (SSSR count). The summed E-state index contributed by atoms with van der Waals surface area (Å²) in [5.41, 5.74) is 3.80. The molecule has 4 amide bonds. The second-order valence-corrected chi connectivity index (χ2v) is 12.0. The Morgan fingerprint density at radius 2 is 1.41 bits per heavy atom. The number of rotatable bonds is 13. The molecule has 0 radical (unpaired) electrons. The Morgan fingerprint density at radius 3 is 2.07 bits per heavy atom. The van der Waals surface area contributed by atoms with Gasteiger partial charge in [-0.15, -0.1) is 0 Å². The van der Waals surface area contributed by atoms with Gasteiger partial charge in [-0.1, -0.05) is 97.4 Å². The normalized spacial score (nSPS) is 19.0. The lowest BCUT2D eigenvalue weighted by Crippen LogP contribution is -2.55. The summed E-state index contributed by atoms with van der Waals surface area (Å²) in [6.07, 6.45) is -0.887. The van der Waals surface area contributed by atoms with E-state index in [-0.39, 0.29) is 18.2 Å². The molecule has 46 heavy (non-hydrogen) atoms. The van der Waals surface area contributed by atoms with Crippen molar-refractivity contribution < 1.29 is 23.9 Å². The molecule has 3 aromatic rings. The Bertz CT molecular complexity index is 1480. The molecule has 0 aliphatic carbocycles. The van der Waals surface area contributed by atoms with Crippen LogP contribution in [0.1, 0.15) is 41.6 Å². The minimum Gasteiger partial charge on any atom is -0.354 e. The number of epoxide rings is 1. The molecule has 242 valence electrons. The number of amides is 4. The molecule has 2 fully saturated rings. The van der Waals surface area contributed by atoms with Gasteiger partial charge in [0.2, 0.25) is 11.8 Å². The van der Waals surface area contributed by atoms with Gasteiger partial charge in [0.25, 0.3) is 11.8 Å². The standard InChI is InChI=1S/C36H43N5O5/c1-3-18-37-34(43)31-32(46-31)35(44)38-29(23-26-16-14-25(2)15-17-26)33(42)39-30(28-12-8-5-9-13-28)36(45)41-21-19-40(20-22-41)24-27-10-6-4-7-11-27/h4-17,29-32H,3,18-24H2,1-2H3,(H,37,43)(H,38,44)(H,39,42)/t29-,30-,31+,32+/m0/s1. The van der Waals surface area contributed by atoms with Crippen LogP contribution in [-0.4, -0.2) is 84.4 Å². The molecule has 2 saturated heterocycles. The molecular weight excluding hydrogens is 582 g/mol. The van der Waals surface area contributed by atoms with Crippen molar-refractivity contribution in [2.24, 2.45) is 0 Å². The van der Waals surface area contributed by atoms with Crippen LogP contribution in [0.5, 0.6) is 0 Å². The molecular formula is C36H43N5O5. The lowest BCUT2D eigenvalue weighted by atomic mass is 10.0. The molecule has 0 unspecified atom stereocenters. The van der Waals surface area contributed by atoms with E-state index >= 15 is 0 Å². The Kier molecular flexibility index (Phi) is 11.2. The third kappa shape index (κ3) is 8.80. The summed E-state index contributed by atoms with van der Waals surface area (Å²) >= 11 is 0. The monoisotopic (exact) mass is 625 g/mol. The highest BCUT2D eigenvalue weighted by Gasteiger charge is 2.51. The van der Waals surface area contributed by atoms with Gasteiger partial charge in [0.05, 0.1) is 0 Å². The summed E-state index contributed by atoms with van der Waals surface area (Å²) in [5, 5.41) is 8.50. The Hall–Kier alpha value is -4.54. The van der Waals surface area contributed by atoms with Crippen molar-refractivity contribution in [2.75, 3.05) is 32.7 Å². The minimum absolute atomic E-state index is 0.197. The predicted octanol–water partition coefficient (Wildman–Crippen LogP) is 2.52. The Labute approximate surface area is 270 Å². The van der Waals surface area contributed by atoms with Gasteiger partial charge in [-0.3, -0.25) is 24.1 Å². The van der Waals surface area contributed by atoms with E-state index in [4.69, 9.17) is 4.74 Å². The number of hydrogen-bond acceptors (Lipinski definition) is 6. The molecule has 2 heterocycles. The maximum atomic E-state index is 14.0. The third-order valence-electron chi connectivity index (χ3n) is 8.35. The highest BCUT2D eigenvalue weighted by atomic mass is 16.6. The van der Waals surface area contributed by atoms with Crippen LogP contribution >= 0.6 is 0 Å². The quantitative estimate of drug-likeness (QED) is 0.251. The van der Waals surface area contributed by atoms with Gasteiger partial charge in [-0.2, -0.15) is 0 Å². The van der Waals surface area contributed by atoms with Gasteiger partial charge < -0.3 is 25.6 Å². The van der Waals surface area contributed by atoms with Gasteiger partial charge in [0.1, 0.15) is 12.1 Å². The van der Waals surface area contributed by atoms with Gasteiger partial charge in [0, 0.05) is 45.7 Å². The van der Waals surface area contributed by atoms with Crippen LogP contribution in [0.4, 0.5) is 0 Å². The van der Waals surface area contributed by atoms with Crippen molar-refractivity contribution in [1.29, 1.82) is 0 Å². The van der Waals surface area contributed by atoms with Gasteiger partial charge in [-0.25, -0.2) is 0 Å². The number of benzene rings is 3. The van der Waals surface area contributed by atoms with Crippen LogP contribution < -0.4 is 16.0 Å². The number of nitrogens with zero attached hydrogens (tertiary/aromatic N) is 2. The van der Waals surface area contributed by atoms with Crippen molar-refractivity contribution in [2.45, 2.75) is 57.5 Å². The van der Waals surface area contributed by atoms with Crippen LogP contribution in [0.2, 0.25) is 0 Å². The highest BCUT2D eigenvalue weighted by molar-refractivity contribution is 5.98. The molecule has 0 aromatic heterocycles. The lowest BCUT2D eigenvalue weighted by molar-refractivity contribution is -0.139. The van der Waals surface area contributed by atoms with Gasteiger partial charge in [-0.05, 0) is 30.0 Å². The van der Waals surface area contributed by atoms with Crippen molar-refractivity contribution in [3.05, 3.63) is 107 Å². The smallest absolute Gasteiger partial charge is 0.253 e. The van der Waals surface area contributed by atoms with E-state index in [0.717, 1.165) is 37.2 Å². The molecule has 2 aliphatic heterocycles. The highest BCUT2D eigenvalue weighted by Crippen LogP contribution is 2.23. The second-order valence-electron chi connectivity index (χ2n) is 12.0. The van der Waals surface area contributed by atoms with Gasteiger partial charge >= 0.3 is 0 Å². The zero-order valence-corrected chi connectivity index (χ0v) is 26.5. The molecule has 3 N–H and O–H groups in total. The zero-order valence-electron chi connectivity index (χ0n) is 26.5. The van der Waals surface area contributed by atoms with E-state index in [1.165, 1.54) is 5.56 Å². The average Bonchev–Trinajstić information content (AvgIpc) is 3.89. The maximum Gasteiger partial charge on any atom is 0.253 e. The average molecular weight is 626 g/mol. The van der Waals surface area contributed by atoms with E-state index < -0.39 is 36.1 Å². The first kappa shape index (κ1) is 32.8. The zero-order chi connectivity index (χ0) is 32.5. The maximum absolute atomic E-state index is 14.0. The fraction of sp³-hybridized carbons (Fsp3) is 0.389. The first-order chi connectivity index (χ1) is 22.3. The van der Waals surface area contributed by atoms with Crippen LogP contribution in [0.15, 0.2) is 84.9 Å². The predicted molar refractivity (Wildman–Crippen MR) is 174 cm³/mol. The Balaban J connectivity index is 1.28. The number of nitrogens with one attached hydrogen (secondary N) is 3. The summed E-state index contributed by atoms with van der Waals surface area (Å²) in [4.78, 5) is 57.6. The number of hydrogen-bond donors (Lipinski definition) is 3. The first-order valence-electron chi connectivity index (χ1n) is 16.0. The summed E-state index contributed by atoms with van der Waals surface area (Å²) in [6.45, 7) is 7.72. The number of piperazine rings is 1. The number of aryl methyl sites for hydroxylation is 1. The summed E-state index contributed by atoms with van der Waals surface area (Å²) in [7, 11) is 0. The van der Waals surface area contributed by atoms with E-state index in [0.29, 0.717) is 25.2 Å². The number of ether oxygens (including phenoxy) is 1. The third-order valence-corrected chi connectivity index (χ3v) is 8.35. The van der Waals surface area contributed by atoms with Crippen molar-refractivity contribution >= 4 is 23.6 Å². The minimum atomic E-state index is -1.000. The molecule has 0 spiro atoms. The van der Waals surface area contributed by atoms with Crippen LogP contribution in [0.25, 0.3) is 0 Å². The van der Waals surface area contributed by atoms with Crippen molar-refractivity contribution in [1.82, 2.24) is 25.8 Å².